The Bertz CT molecular complexity index is 682. The molecule has 0 radical (unpaired) electrons. The highest BCUT2D eigenvalue weighted by Crippen LogP contribution is 2.24. The van der Waals surface area contributed by atoms with Crippen LogP contribution in [0.1, 0.15) is 38.0 Å². The Kier molecular flexibility index (Phi) is 6.41. The molecule has 140 valence electrons. The van der Waals surface area contributed by atoms with Crippen LogP contribution in [0.2, 0.25) is 0 Å². The van der Waals surface area contributed by atoms with E-state index in [1.807, 2.05) is 19.1 Å². The highest BCUT2D eigenvalue weighted by Gasteiger charge is 2.25. The third-order valence-electron chi connectivity index (χ3n) is 4.83. The smallest absolute Gasteiger partial charge is 0.241 e. The SMILES string of the molecule is C[C@@H](NC[C@H](c1ccco1)N1CCCCC1)C(=O)Nc1ccc(F)cc1. The highest BCUT2D eigenvalue weighted by molar-refractivity contribution is 5.94. The predicted molar refractivity (Wildman–Crippen MR) is 99.4 cm³/mol. The molecule has 2 heterocycles. The first kappa shape index (κ1) is 18.6. The number of likely N-dealkylation sites (tertiary alicyclic amines) is 1. The maximum absolute atomic E-state index is 13.0. The number of carbonyl (C=O) groups is 1. The molecule has 6 heteroatoms. The lowest BCUT2D eigenvalue weighted by Gasteiger charge is -2.34. The molecule has 2 N–H and O–H groups in total. The van der Waals surface area contributed by atoms with Crippen molar-refractivity contribution in [1.82, 2.24) is 10.2 Å². The van der Waals surface area contributed by atoms with Gasteiger partial charge in [0.25, 0.3) is 0 Å². The van der Waals surface area contributed by atoms with Gasteiger partial charge >= 0.3 is 0 Å². The van der Waals surface area contributed by atoms with E-state index in [-0.39, 0.29) is 23.8 Å². The van der Waals surface area contributed by atoms with Crippen LogP contribution in [0.4, 0.5) is 10.1 Å². The molecule has 1 aromatic heterocycles. The summed E-state index contributed by atoms with van der Waals surface area (Å²) in [6.07, 6.45) is 5.35. The highest BCUT2D eigenvalue weighted by atomic mass is 19.1. The van der Waals surface area contributed by atoms with Gasteiger partial charge in [0, 0.05) is 12.2 Å². The molecule has 1 aromatic carbocycles. The fourth-order valence-electron chi connectivity index (χ4n) is 3.29. The van der Waals surface area contributed by atoms with E-state index in [9.17, 15) is 9.18 Å². The number of nitrogens with one attached hydrogen (secondary N) is 2. The largest absolute Gasteiger partial charge is 0.468 e. The van der Waals surface area contributed by atoms with E-state index in [4.69, 9.17) is 4.42 Å². The minimum Gasteiger partial charge on any atom is -0.468 e. The maximum Gasteiger partial charge on any atom is 0.241 e. The number of carbonyl (C=O) groups excluding carboxylic acids is 1. The molecule has 2 atom stereocenters. The number of nitrogens with zero attached hydrogens (tertiary/aromatic N) is 1. The van der Waals surface area contributed by atoms with Crippen molar-refractivity contribution in [2.24, 2.45) is 0 Å². The molecule has 3 rings (SSSR count). The van der Waals surface area contributed by atoms with Crippen LogP contribution in [0, 0.1) is 5.82 Å². The minimum atomic E-state index is -0.373. The fraction of sp³-hybridized carbons (Fsp3) is 0.450. The molecule has 2 aromatic rings. The van der Waals surface area contributed by atoms with E-state index in [0.717, 1.165) is 18.8 Å². The van der Waals surface area contributed by atoms with Crippen LogP contribution in [-0.4, -0.2) is 36.5 Å². The lowest BCUT2D eigenvalue weighted by molar-refractivity contribution is -0.117. The number of rotatable bonds is 7. The summed E-state index contributed by atoms with van der Waals surface area (Å²) in [5.74, 6) is 0.455. The van der Waals surface area contributed by atoms with Crippen LogP contribution in [0.5, 0.6) is 0 Å². The third kappa shape index (κ3) is 4.93. The summed E-state index contributed by atoms with van der Waals surface area (Å²) in [6, 6.07) is 9.40. The van der Waals surface area contributed by atoms with E-state index in [0.29, 0.717) is 12.2 Å². The number of furan rings is 1. The Morgan fingerprint density at radius 3 is 2.58 bits per heavy atom. The molecule has 0 bridgehead atoms. The summed E-state index contributed by atoms with van der Waals surface area (Å²) >= 11 is 0. The second-order valence-electron chi connectivity index (χ2n) is 6.75. The van der Waals surface area contributed by atoms with E-state index in [2.05, 4.69) is 15.5 Å². The van der Waals surface area contributed by atoms with Crippen molar-refractivity contribution < 1.29 is 13.6 Å². The number of amides is 1. The molecule has 0 spiro atoms. The number of hydrogen-bond donors (Lipinski definition) is 2. The van der Waals surface area contributed by atoms with Gasteiger partial charge in [-0.1, -0.05) is 6.42 Å². The van der Waals surface area contributed by atoms with Crippen LogP contribution in [0.15, 0.2) is 47.1 Å². The van der Waals surface area contributed by atoms with Gasteiger partial charge in [-0.25, -0.2) is 4.39 Å². The summed E-state index contributed by atoms with van der Waals surface area (Å²) in [7, 11) is 0. The molecule has 0 unspecified atom stereocenters. The molecular formula is C20H26FN3O2. The molecule has 26 heavy (non-hydrogen) atoms. The zero-order chi connectivity index (χ0) is 18.4. The number of benzene rings is 1. The van der Waals surface area contributed by atoms with Gasteiger partial charge in [0.1, 0.15) is 11.6 Å². The quantitative estimate of drug-likeness (QED) is 0.794. The lowest BCUT2D eigenvalue weighted by Crippen LogP contribution is -2.44. The predicted octanol–water partition coefficient (Wildman–Crippen LogP) is 3.56. The number of piperidine rings is 1. The van der Waals surface area contributed by atoms with Gasteiger partial charge in [-0.05, 0) is 69.3 Å². The van der Waals surface area contributed by atoms with Crippen LogP contribution in [-0.2, 0) is 4.79 Å². The Labute approximate surface area is 153 Å². The monoisotopic (exact) mass is 359 g/mol. The Morgan fingerprint density at radius 1 is 1.19 bits per heavy atom. The first-order valence-corrected chi connectivity index (χ1v) is 9.21. The van der Waals surface area contributed by atoms with Gasteiger partial charge in [-0.15, -0.1) is 0 Å². The Morgan fingerprint density at radius 2 is 1.92 bits per heavy atom. The van der Waals surface area contributed by atoms with E-state index in [1.165, 1.54) is 31.4 Å². The summed E-state index contributed by atoms with van der Waals surface area (Å²) < 4.78 is 18.6. The van der Waals surface area contributed by atoms with Gasteiger partial charge in [0.15, 0.2) is 0 Å². The summed E-state index contributed by atoms with van der Waals surface area (Å²) in [5.41, 5.74) is 0.587. The van der Waals surface area contributed by atoms with Crippen molar-refractivity contribution in [1.29, 1.82) is 0 Å². The second-order valence-corrected chi connectivity index (χ2v) is 6.75. The zero-order valence-corrected chi connectivity index (χ0v) is 15.1. The third-order valence-corrected chi connectivity index (χ3v) is 4.83. The molecule has 5 nitrogen and oxygen atoms in total. The van der Waals surface area contributed by atoms with Crippen LogP contribution in [0.25, 0.3) is 0 Å². The van der Waals surface area contributed by atoms with Crippen LogP contribution >= 0.6 is 0 Å². The van der Waals surface area contributed by atoms with Crippen molar-refractivity contribution in [3.63, 3.8) is 0 Å². The first-order chi connectivity index (χ1) is 12.6. The first-order valence-electron chi connectivity index (χ1n) is 9.21. The average molecular weight is 359 g/mol. The van der Waals surface area contributed by atoms with E-state index < -0.39 is 0 Å². The number of anilines is 1. The molecule has 0 aliphatic carbocycles. The van der Waals surface area contributed by atoms with Crippen molar-refractivity contribution in [2.75, 3.05) is 25.0 Å². The topological polar surface area (TPSA) is 57.5 Å². The number of halogens is 1. The average Bonchev–Trinajstić information content (AvgIpc) is 3.19. The van der Waals surface area contributed by atoms with Crippen molar-refractivity contribution in [2.45, 2.75) is 38.3 Å². The molecule has 1 fully saturated rings. The molecule has 1 aliphatic rings. The summed E-state index contributed by atoms with van der Waals surface area (Å²) in [4.78, 5) is 14.8. The molecule has 1 amide bonds. The maximum atomic E-state index is 13.0. The van der Waals surface area contributed by atoms with Gasteiger partial charge in [-0.3, -0.25) is 9.69 Å². The van der Waals surface area contributed by atoms with E-state index >= 15 is 0 Å². The molecular weight excluding hydrogens is 333 g/mol. The standard InChI is InChI=1S/C20H26FN3O2/c1-15(20(25)23-17-9-7-16(21)8-10-17)22-14-18(19-6-5-13-26-19)24-11-3-2-4-12-24/h5-10,13,15,18,22H,2-4,11-12,14H2,1H3,(H,23,25)/t15-,18-/m1/s1. The Hall–Kier alpha value is -2.18. The van der Waals surface area contributed by atoms with Crippen LogP contribution in [0.3, 0.4) is 0 Å². The zero-order valence-electron chi connectivity index (χ0n) is 15.1. The molecule has 1 aliphatic heterocycles. The van der Waals surface area contributed by atoms with Crippen molar-refractivity contribution in [3.05, 3.63) is 54.2 Å². The van der Waals surface area contributed by atoms with E-state index in [1.54, 1.807) is 18.4 Å². The van der Waals surface area contributed by atoms with Crippen LogP contribution < -0.4 is 10.6 Å². The van der Waals surface area contributed by atoms with Gasteiger partial charge < -0.3 is 15.1 Å². The van der Waals surface area contributed by atoms with Crippen molar-refractivity contribution >= 4 is 11.6 Å². The van der Waals surface area contributed by atoms with Gasteiger partial charge in [0.2, 0.25) is 5.91 Å². The summed E-state index contributed by atoms with van der Waals surface area (Å²) in [5, 5.41) is 6.11. The Balaban J connectivity index is 1.57. The summed E-state index contributed by atoms with van der Waals surface area (Å²) in [6.45, 7) is 4.55. The lowest BCUT2D eigenvalue weighted by atomic mass is 10.1. The minimum absolute atomic E-state index is 0.117. The molecule has 1 saturated heterocycles. The van der Waals surface area contributed by atoms with Gasteiger partial charge in [0.05, 0.1) is 18.3 Å². The molecule has 0 saturated carbocycles. The van der Waals surface area contributed by atoms with Gasteiger partial charge in [-0.2, -0.15) is 0 Å². The number of hydrogen-bond acceptors (Lipinski definition) is 4. The van der Waals surface area contributed by atoms with Crippen molar-refractivity contribution in [3.8, 4) is 0 Å². The normalized spacial score (nSPS) is 17.6. The second kappa shape index (κ2) is 8.96. The fourth-order valence-corrected chi connectivity index (χ4v) is 3.29.